The minimum absolute atomic E-state index is 0. The molecule has 96 valence electrons. The van der Waals surface area contributed by atoms with E-state index >= 15 is 0 Å². The lowest BCUT2D eigenvalue weighted by atomic mass is 10.0. The summed E-state index contributed by atoms with van der Waals surface area (Å²) in [7, 11) is 0. The van der Waals surface area contributed by atoms with Crippen molar-refractivity contribution in [1.82, 2.24) is 4.90 Å². The Bertz CT molecular complexity index is 362. The molecule has 0 saturated carbocycles. The van der Waals surface area contributed by atoms with E-state index in [1.807, 2.05) is 0 Å². The van der Waals surface area contributed by atoms with Crippen molar-refractivity contribution in [1.29, 1.82) is 0 Å². The molecule has 0 aliphatic carbocycles. The van der Waals surface area contributed by atoms with E-state index in [2.05, 4.69) is 46.0 Å². The molecule has 0 unspecified atom stereocenters. The van der Waals surface area contributed by atoms with Crippen molar-refractivity contribution < 1.29 is 0 Å². The first kappa shape index (κ1) is 15.0. The van der Waals surface area contributed by atoms with Gasteiger partial charge in [-0.25, -0.2) is 0 Å². The van der Waals surface area contributed by atoms with Crippen molar-refractivity contribution in [2.75, 3.05) is 13.1 Å². The Balaban J connectivity index is 0.00000144. The molecule has 1 aromatic rings. The molecule has 1 fully saturated rings. The first-order chi connectivity index (χ1) is 7.65. The third-order valence-electron chi connectivity index (χ3n) is 3.26. The Kier molecular flexibility index (Phi) is 5.93. The van der Waals surface area contributed by atoms with Gasteiger partial charge in [0.1, 0.15) is 0 Å². The quantitative estimate of drug-likeness (QED) is 0.907. The highest BCUT2D eigenvalue weighted by Crippen LogP contribution is 2.19. The fraction of sp³-hybridized carbons (Fsp3) is 0.538. The van der Waals surface area contributed by atoms with Crippen LogP contribution in [0.1, 0.15) is 24.0 Å². The number of nitrogens with zero attached hydrogens (tertiary/aromatic N) is 1. The normalized spacial score (nSPS) is 17.8. The van der Waals surface area contributed by atoms with Crippen LogP contribution in [0.5, 0.6) is 0 Å². The molecular weight excluding hydrogens is 300 g/mol. The van der Waals surface area contributed by atoms with E-state index in [1.54, 1.807) is 0 Å². The molecule has 1 saturated heterocycles. The summed E-state index contributed by atoms with van der Waals surface area (Å²) in [4.78, 5) is 2.49. The molecule has 2 rings (SSSR count). The predicted octanol–water partition coefficient (Wildman–Crippen LogP) is 3.10. The summed E-state index contributed by atoms with van der Waals surface area (Å²) in [5.74, 6) is 0. The van der Waals surface area contributed by atoms with Crippen molar-refractivity contribution >= 4 is 28.3 Å². The maximum Gasteiger partial charge on any atom is 0.0233 e. The molecule has 1 aliphatic rings. The van der Waals surface area contributed by atoms with E-state index in [-0.39, 0.29) is 12.4 Å². The molecule has 1 aromatic carbocycles. The van der Waals surface area contributed by atoms with Gasteiger partial charge in [-0.3, -0.25) is 4.90 Å². The number of halogens is 2. The summed E-state index contributed by atoms with van der Waals surface area (Å²) in [5, 5.41) is 0. The molecule has 2 nitrogen and oxygen atoms in total. The lowest BCUT2D eigenvalue weighted by molar-refractivity contribution is 0.205. The van der Waals surface area contributed by atoms with E-state index < -0.39 is 0 Å². The molecule has 0 aromatic heterocycles. The Labute approximate surface area is 118 Å². The van der Waals surface area contributed by atoms with Crippen LogP contribution in [0.15, 0.2) is 22.7 Å². The van der Waals surface area contributed by atoms with Gasteiger partial charge in [0.2, 0.25) is 0 Å². The fourth-order valence-electron chi connectivity index (χ4n) is 2.17. The number of aryl methyl sites for hydroxylation is 1. The highest BCUT2D eigenvalue weighted by Gasteiger charge is 2.15. The Morgan fingerprint density at radius 3 is 2.59 bits per heavy atom. The molecular formula is C13H20BrClN2. The van der Waals surface area contributed by atoms with Gasteiger partial charge in [-0.05, 0) is 50.0 Å². The van der Waals surface area contributed by atoms with Gasteiger partial charge in [-0.2, -0.15) is 0 Å². The van der Waals surface area contributed by atoms with Gasteiger partial charge in [-0.1, -0.05) is 28.1 Å². The van der Waals surface area contributed by atoms with Crippen LogP contribution >= 0.6 is 28.3 Å². The van der Waals surface area contributed by atoms with Gasteiger partial charge in [0.05, 0.1) is 0 Å². The van der Waals surface area contributed by atoms with Crippen molar-refractivity contribution in [3.05, 3.63) is 33.8 Å². The topological polar surface area (TPSA) is 29.3 Å². The minimum Gasteiger partial charge on any atom is -0.328 e. The number of benzene rings is 1. The third-order valence-corrected chi connectivity index (χ3v) is 4.15. The summed E-state index contributed by atoms with van der Waals surface area (Å²) in [5.41, 5.74) is 8.61. The largest absolute Gasteiger partial charge is 0.328 e. The van der Waals surface area contributed by atoms with Gasteiger partial charge in [0, 0.05) is 17.1 Å². The van der Waals surface area contributed by atoms with Crippen molar-refractivity contribution in [2.24, 2.45) is 5.73 Å². The second-order valence-electron chi connectivity index (χ2n) is 4.70. The first-order valence-corrected chi connectivity index (χ1v) is 6.67. The number of likely N-dealkylation sites (tertiary alicyclic amines) is 1. The highest BCUT2D eigenvalue weighted by atomic mass is 79.9. The summed E-state index contributed by atoms with van der Waals surface area (Å²) in [6, 6.07) is 7.02. The second-order valence-corrected chi connectivity index (χ2v) is 5.55. The molecule has 1 aliphatic heterocycles. The van der Waals surface area contributed by atoms with E-state index in [0.717, 1.165) is 32.5 Å². The van der Waals surface area contributed by atoms with Crippen LogP contribution in [0.2, 0.25) is 0 Å². The lowest BCUT2D eigenvalue weighted by Crippen LogP contribution is -2.39. The molecule has 0 atom stereocenters. The van der Waals surface area contributed by atoms with Gasteiger partial charge in [-0.15, -0.1) is 12.4 Å². The maximum absolute atomic E-state index is 5.90. The van der Waals surface area contributed by atoms with Crippen molar-refractivity contribution in [3.63, 3.8) is 0 Å². The number of hydrogen-bond acceptors (Lipinski definition) is 2. The van der Waals surface area contributed by atoms with Gasteiger partial charge in [0.15, 0.2) is 0 Å². The Morgan fingerprint density at radius 1 is 1.35 bits per heavy atom. The number of rotatable bonds is 2. The molecule has 1 heterocycles. The zero-order valence-electron chi connectivity index (χ0n) is 10.2. The van der Waals surface area contributed by atoms with Crippen LogP contribution in [0.25, 0.3) is 0 Å². The molecule has 17 heavy (non-hydrogen) atoms. The number of nitrogens with two attached hydrogens (primary N) is 1. The summed E-state index contributed by atoms with van der Waals surface area (Å²) in [6.45, 7) is 5.47. The summed E-state index contributed by atoms with van der Waals surface area (Å²) < 4.78 is 1.19. The van der Waals surface area contributed by atoms with Crippen LogP contribution in [0.4, 0.5) is 0 Å². The van der Waals surface area contributed by atoms with Crippen molar-refractivity contribution in [3.8, 4) is 0 Å². The van der Waals surface area contributed by atoms with Crippen LogP contribution in [0, 0.1) is 6.92 Å². The van der Waals surface area contributed by atoms with Crippen LogP contribution in [0.3, 0.4) is 0 Å². The Hall–Kier alpha value is -0.0900. The maximum atomic E-state index is 5.90. The number of piperidine rings is 1. The van der Waals surface area contributed by atoms with Gasteiger partial charge >= 0.3 is 0 Å². The zero-order valence-corrected chi connectivity index (χ0v) is 12.6. The SMILES string of the molecule is Cc1cc(CN2CCC(N)CC2)ccc1Br.Cl. The van der Waals surface area contributed by atoms with E-state index in [0.29, 0.717) is 6.04 Å². The van der Waals surface area contributed by atoms with Crippen LogP contribution in [-0.2, 0) is 6.54 Å². The van der Waals surface area contributed by atoms with E-state index in [9.17, 15) is 0 Å². The minimum atomic E-state index is 0. The molecule has 0 spiro atoms. The zero-order chi connectivity index (χ0) is 11.5. The predicted molar refractivity (Wildman–Crippen MR) is 78.6 cm³/mol. The average molecular weight is 320 g/mol. The monoisotopic (exact) mass is 318 g/mol. The standard InChI is InChI=1S/C13H19BrN2.ClH/c1-10-8-11(2-3-13(10)14)9-16-6-4-12(15)5-7-16;/h2-3,8,12H,4-7,9,15H2,1H3;1H. The lowest BCUT2D eigenvalue weighted by Gasteiger charge is -2.30. The first-order valence-electron chi connectivity index (χ1n) is 5.88. The fourth-order valence-corrected chi connectivity index (χ4v) is 2.42. The molecule has 2 N–H and O–H groups in total. The average Bonchev–Trinajstić information content (AvgIpc) is 2.27. The van der Waals surface area contributed by atoms with E-state index in [1.165, 1.54) is 15.6 Å². The highest BCUT2D eigenvalue weighted by molar-refractivity contribution is 9.10. The summed E-state index contributed by atoms with van der Waals surface area (Å²) in [6.07, 6.45) is 2.27. The van der Waals surface area contributed by atoms with Crippen LogP contribution < -0.4 is 5.73 Å². The Morgan fingerprint density at radius 2 is 2.00 bits per heavy atom. The van der Waals surface area contributed by atoms with Gasteiger partial charge in [0.25, 0.3) is 0 Å². The van der Waals surface area contributed by atoms with Gasteiger partial charge < -0.3 is 5.73 Å². The third kappa shape index (κ3) is 4.25. The molecule has 4 heteroatoms. The molecule has 0 amide bonds. The molecule has 0 bridgehead atoms. The van der Waals surface area contributed by atoms with Crippen LogP contribution in [-0.4, -0.2) is 24.0 Å². The van der Waals surface area contributed by atoms with Crippen molar-refractivity contribution in [2.45, 2.75) is 32.4 Å². The molecule has 0 radical (unpaired) electrons. The number of hydrogen-bond donors (Lipinski definition) is 1. The smallest absolute Gasteiger partial charge is 0.0233 e. The summed E-state index contributed by atoms with van der Waals surface area (Å²) >= 11 is 3.53. The van der Waals surface area contributed by atoms with E-state index in [4.69, 9.17) is 5.73 Å². The second kappa shape index (κ2) is 6.74.